The summed E-state index contributed by atoms with van der Waals surface area (Å²) in [6.07, 6.45) is 3.77. The lowest BCUT2D eigenvalue weighted by molar-refractivity contribution is -0.131. The second kappa shape index (κ2) is 11.7. The normalized spacial score (nSPS) is 16.9. The summed E-state index contributed by atoms with van der Waals surface area (Å²) in [4.78, 5) is 38.7. The standard InChI is InChI=1S/C26H36N4O5/c1-25(2,3)34-23(32)28-19-12-9-18(10-13-19)11-14-20(29-24(33)35-26(4,5)6)16-22(31)30-15-7-8-21(30)17-27/h9-14,20-21H,7-8,15-16H2,1-6H3,(H,28,32)(H,29,33)/t20?,21-/m0/s1. The van der Waals surface area contributed by atoms with E-state index in [-0.39, 0.29) is 12.3 Å². The molecule has 0 saturated carbocycles. The summed E-state index contributed by atoms with van der Waals surface area (Å²) in [6, 6.07) is 8.15. The molecule has 1 saturated heterocycles. The minimum Gasteiger partial charge on any atom is -0.444 e. The van der Waals surface area contributed by atoms with Gasteiger partial charge < -0.3 is 19.7 Å². The molecule has 1 fully saturated rings. The molecule has 1 aliphatic rings. The molecule has 0 bridgehead atoms. The van der Waals surface area contributed by atoms with Crippen LogP contribution in [0.5, 0.6) is 0 Å². The van der Waals surface area contributed by atoms with Gasteiger partial charge in [-0.25, -0.2) is 9.59 Å². The molecule has 1 aromatic carbocycles. The Labute approximate surface area is 207 Å². The number of nitrogens with zero attached hydrogens (tertiary/aromatic N) is 2. The molecule has 0 radical (unpaired) electrons. The smallest absolute Gasteiger partial charge is 0.412 e. The summed E-state index contributed by atoms with van der Waals surface area (Å²) in [6.45, 7) is 11.2. The van der Waals surface area contributed by atoms with Gasteiger partial charge in [0.25, 0.3) is 0 Å². The SMILES string of the molecule is CC(C)(C)OC(=O)Nc1ccc(C=CC(CC(=O)N2CCC[C@H]2C#N)NC(=O)OC(C)(C)C)cc1. The van der Waals surface area contributed by atoms with E-state index in [1.165, 1.54) is 0 Å². The Hall–Kier alpha value is -3.54. The Morgan fingerprint density at radius 3 is 2.26 bits per heavy atom. The summed E-state index contributed by atoms with van der Waals surface area (Å²) < 4.78 is 10.6. The number of carbonyl (C=O) groups is 3. The lowest BCUT2D eigenvalue weighted by Gasteiger charge is -2.24. The van der Waals surface area contributed by atoms with Gasteiger partial charge in [-0.2, -0.15) is 5.26 Å². The number of nitrogens with one attached hydrogen (secondary N) is 2. The first kappa shape index (κ1) is 27.7. The minimum atomic E-state index is -0.680. The molecule has 2 rings (SSSR count). The molecule has 1 unspecified atom stereocenters. The third-order valence-electron chi connectivity index (χ3n) is 4.90. The van der Waals surface area contributed by atoms with Crippen molar-refractivity contribution in [2.75, 3.05) is 11.9 Å². The van der Waals surface area contributed by atoms with Crippen LogP contribution >= 0.6 is 0 Å². The lowest BCUT2D eigenvalue weighted by atomic mass is 10.1. The fourth-order valence-corrected chi connectivity index (χ4v) is 3.46. The van der Waals surface area contributed by atoms with Crippen molar-refractivity contribution < 1.29 is 23.9 Å². The number of amides is 3. The summed E-state index contributed by atoms with van der Waals surface area (Å²) in [5.41, 5.74) is 0.105. The summed E-state index contributed by atoms with van der Waals surface area (Å²) in [7, 11) is 0. The fourth-order valence-electron chi connectivity index (χ4n) is 3.46. The van der Waals surface area contributed by atoms with Crippen molar-refractivity contribution in [3.05, 3.63) is 35.9 Å². The summed E-state index contributed by atoms with van der Waals surface area (Å²) in [5, 5.41) is 14.7. The van der Waals surface area contributed by atoms with Crippen LogP contribution in [0.3, 0.4) is 0 Å². The van der Waals surface area contributed by atoms with Crippen molar-refractivity contribution >= 4 is 29.9 Å². The maximum atomic E-state index is 12.8. The molecule has 2 N–H and O–H groups in total. The number of hydrogen-bond acceptors (Lipinski definition) is 6. The van der Waals surface area contributed by atoms with Gasteiger partial charge in [0.1, 0.15) is 17.2 Å². The monoisotopic (exact) mass is 484 g/mol. The predicted octanol–water partition coefficient (Wildman–Crippen LogP) is 4.84. The predicted molar refractivity (Wildman–Crippen MR) is 133 cm³/mol. The highest BCUT2D eigenvalue weighted by molar-refractivity contribution is 5.85. The Morgan fingerprint density at radius 2 is 1.69 bits per heavy atom. The van der Waals surface area contributed by atoms with E-state index >= 15 is 0 Å². The maximum absolute atomic E-state index is 12.8. The molecule has 9 heteroatoms. The average Bonchev–Trinajstić information content (AvgIpc) is 3.19. The number of alkyl carbamates (subject to hydrolysis) is 1. The topological polar surface area (TPSA) is 121 Å². The van der Waals surface area contributed by atoms with Crippen LogP contribution in [0.15, 0.2) is 30.3 Å². The van der Waals surface area contributed by atoms with Gasteiger partial charge in [-0.05, 0) is 72.1 Å². The second-order valence-electron chi connectivity index (χ2n) is 10.4. The number of nitriles is 1. The van der Waals surface area contributed by atoms with Crippen LogP contribution in [0.1, 0.15) is 66.4 Å². The summed E-state index contributed by atoms with van der Waals surface area (Å²) >= 11 is 0. The van der Waals surface area contributed by atoms with Crippen molar-refractivity contribution in [1.29, 1.82) is 5.26 Å². The number of hydrogen-bond donors (Lipinski definition) is 2. The Morgan fingerprint density at radius 1 is 1.09 bits per heavy atom. The van der Waals surface area contributed by atoms with Gasteiger partial charge in [-0.3, -0.25) is 10.1 Å². The summed E-state index contributed by atoms with van der Waals surface area (Å²) in [5.74, 6) is -0.198. The van der Waals surface area contributed by atoms with Crippen LogP contribution in [0.2, 0.25) is 0 Å². The van der Waals surface area contributed by atoms with Crippen LogP contribution in [0, 0.1) is 11.3 Å². The third kappa shape index (κ3) is 10.1. The molecular weight excluding hydrogens is 448 g/mol. The van der Waals surface area contributed by atoms with E-state index in [1.54, 1.807) is 82.9 Å². The number of carbonyl (C=O) groups excluding carboxylic acids is 3. The highest BCUT2D eigenvalue weighted by Gasteiger charge is 2.30. The van der Waals surface area contributed by atoms with Crippen molar-refractivity contribution in [3.63, 3.8) is 0 Å². The zero-order valence-electron chi connectivity index (χ0n) is 21.4. The molecule has 0 spiro atoms. The maximum Gasteiger partial charge on any atom is 0.412 e. The number of likely N-dealkylation sites (tertiary alicyclic amines) is 1. The lowest BCUT2D eigenvalue weighted by Crippen LogP contribution is -2.43. The van der Waals surface area contributed by atoms with Crippen molar-refractivity contribution in [2.45, 2.75) is 84.1 Å². The van der Waals surface area contributed by atoms with E-state index in [0.29, 0.717) is 18.7 Å². The van der Waals surface area contributed by atoms with E-state index in [9.17, 15) is 19.6 Å². The molecule has 3 amide bonds. The van der Waals surface area contributed by atoms with Gasteiger partial charge in [0.2, 0.25) is 5.91 Å². The Kier molecular flexibility index (Phi) is 9.29. The van der Waals surface area contributed by atoms with Crippen LogP contribution in [0.25, 0.3) is 6.08 Å². The van der Waals surface area contributed by atoms with Crippen molar-refractivity contribution in [3.8, 4) is 6.07 Å². The Balaban J connectivity index is 2.09. The van der Waals surface area contributed by atoms with E-state index in [4.69, 9.17) is 9.47 Å². The second-order valence-corrected chi connectivity index (χ2v) is 10.4. The number of ether oxygens (including phenoxy) is 2. The number of anilines is 1. The molecule has 1 heterocycles. The van der Waals surface area contributed by atoms with Crippen LogP contribution in [0.4, 0.5) is 15.3 Å². The van der Waals surface area contributed by atoms with Gasteiger partial charge in [0, 0.05) is 12.2 Å². The van der Waals surface area contributed by atoms with Crippen molar-refractivity contribution in [1.82, 2.24) is 10.2 Å². The molecule has 1 aliphatic heterocycles. The largest absolute Gasteiger partial charge is 0.444 e. The zero-order valence-corrected chi connectivity index (χ0v) is 21.4. The van der Waals surface area contributed by atoms with E-state index in [1.807, 2.05) is 0 Å². The molecule has 190 valence electrons. The van der Waals surface area contributed by atoms with Gasteiger partial charge in [-0.1, -0.05) is 24.3 Å². The molecule has 1 aromatic rings. The quantitative estimate of drug-likeness (QED) is 0.596. The van der Waals surface area contributed by atoms with Crippen molar-refractivity contribution in [2.24, 2.45) is 0 Å². The number of benzene rings is 1. The molecule has 35 heavy (non-hydrogen) atoms. The van der Waals surface area contributed by atoms with Gasteiger partial charge in [0.05, 0.1) is 18.5 Å². The highest BCUT2D eigenvalue weighted by atomic mass is 16.6. The van der Waals surface area contributed by atoms with Gasteiger partial charge >= 0.3 is 12.2 Å². The van der Waals surface area contributed by atoms with Gasteiger partial charge in [0.15, 0.2) is 0 Å². The van der Waals surface area contributed by atoms with E-state index < -0.39 is 35.5 Å². The van der Waals surface area contributed by atoms with E-state index in [0.717, 1.165) is 12.0 Å². The van der Waals surface area contributed by atoms with E-state index in [2.05, 4.69) is 16.7 Å². The first-order valence-electron chi connectivity index (χ1n) is 11.7. The molecule has 0 aromatic heterocycles. The molecular formula is C26H36N4O5. The van der Waals surface area contributed by atoms with Crippen LogP contribution in [-0.4, -0.2) is 52.8 Å². The minimum absolute atomic E-state index is 0.00616. The first-order valence-corrected chi connectivity index (χ1v) is 11.7. The fraction of sp³-hybridized carbons (Fsp3) is 0.538. The molecule has 0 aliphatic carbocycles. The number of rotatable bonds is 6. The molecule has 9 nitrogen and oxygen atoms in total. The van der Waals surface area contributed by atoms with Gasteiger partial charge in [-0.15, -0.1) is 0 Å². The zero-order chi connectivity index (χ0) is 26.2. The average molecular weight is 485 g/mol. The van der Waals surface area contributed by atoms with Crippen LogP contribution < -0.4 is 10.6 Å². The highest BCUT2D eigenvalue weighted by Crippen LogP contribution is 2.19. The molecule has 2 atom stereocenters. The van der Waals surface area contributed by atoms with Crippen LogP contribution in [-0.2, 0) is 14.3 Å². The Bertz CT molecular complexity index is 967. The third-order valence-corrected chi connectivity index (χ3v) is 4.90. The first-order chi connectivity index (χ1) is 16.3.